The van der Waals surface area contributed by atoms with Gasteiger partial charge in [0.25, 0.3) is 0 Å². The molecule has 2 aromatic rings. The van der Waals surface area contributed by atoms with Crippen LogP contribution in [-0.2, 0) is 11.2 Å². The van der Waals surface area contributed by atoms with Crippen LogP contribution in [0.3, 0.4) is 0 Å². The SMILES string of the molecule is COc1ccc(/C=C/C(=O)N[C@H](CN=[N+]=[N-])Cc2ccccc2)cc1. The molecule has 0 aliphatic carbocycles. The second kappa shape index (κ2) is 9.80. The van der Waals surface area contributed by atoms with Gasteiger partial charge in [0.2, 0.25) is 5.91 Å². The molecule has 1 N–H and O–H groups in total. The molecule has 0 heterocycles. The molecule has 6 heteroatoms. The first-order valence-electron chi connectivity index (χ1n) is 7.88. The minimum Gasteiger partial charge on any atom is -0.497 e. The van der Waals surface area contributed by atoms with Gasteiger partial charge in [0, 0.05) is 23.6 Å². The van der Waals surface area contributed by atoms with Crippen LogP contribution in [0.5, 0.6) is 5.75 Å². The molecule has 0 aliphatic rings. The highest BCUT2D eigenvalue weighted by Crippen LogP contribution is 2.12. The molecule has 25 heavy (non-hydrogen) atoms. The van der Waals surface area contributed by atoms with E-state index in [-0.39, 0.29) is 18.5 Å². The highest BCUT2D eigenvalue weighted by Gasteiger charge is 2.10. The summed E-state index contributed by atoms with van der Waals surface area (Å²) in [5.41, 5.74) is 10.5. The summed E-state index contributed by atoms with van der Waals surface area (Å²) >= 11 is 0. The lowest BCUT2D eigenvalue weighted by molar-refractivity contribution is -0.117. The number of hydrogen-bond acceptors (Lipinski definition) is 3. The summed E-state index contributed by atoms with van der Waals surface area (Å²) in [6, 6.07) is 16.9. The standard InChI is InChI=1S/C19H20N4O2/c1-25-18-10-7-15(8-11-18)9-12-19(24)22-17(14-21-23-20)13-16-5-3-2-4-6-16/h2-12,17H,13-14H2,1H3,(H,22,24)/b12-9+/t17-/m0/s1. The van der Waals surface area contributed by atoms with E-state index in [4.69, 9.17) is 10.3 Å². The molecule has 0 aromatic heterocycles. The number of rotatable bonds is 8. The molecule has 0 radical (unpaired) electrons. The predicted molar refractivity (Wildman–Crippen MR) is 98.1 cm³/mol. The van der Waals surface area contributed by atoms with Gasteiger partial charge in [0.1, 0.15) is 5.75 Å². The summed E-state index contributed by atoms with van der Waals surface area (Å²) in [7, 11) is 1.61. The predicted octanol–water partition coefficient (Wildman–Crippen LogP) is 3.75. The van der Waals surface area contributed by atoms with Gasteiger partial charge in [-0.15, -0.1) is 0 Å². The Morgan fingerprint density at radius 2 is 1.96 bits per heavy atom. The summed E-state index contributed by atoms with van der Waals surface area (Å²) in [6.07, 6.45) is 3.79. The number of carbonyl (C=O) groups is 1. The van der Waals surface area contributed by atoms with Gasteiger partial charge in [-0.3, -0.25) is 4.79 Å². The maximum Gasteiger partial charge on any atom is 0.244 e. The van der Waals surface area contributed by atoms with Crippen molar-refractivity contribution < 1.29 is 9.53 Å². The molecule has 0 saturated heterocycles. The smallest absolute Gasteiger partial charge is 0.244 e. The molecule has 6 nitrogen and oxygen atoms in total. The number of nitrogens with zero attached hydrogens (tertiary/aromatic N) is 3. The minimum absolute atomic E-state index is 0.202. The van der Waals surface area contributed by atoms with Crippen molar-refractivity contribution in [2.24, 2.45) is 5.11 Å². The number of hydrogen-bond donors (Lipinski definition) is 1. The monoisotopic (exact) mass is 336 g/mol. The third-order valence-corrected chi connectivity index (χ3v) is 3.58. The van der Waals surface area contributed by atoms with Gasteiger partial charge in [-0.05, 0) is 41.3 Å². The third-order valence-electron chi connectivity index (χ3n) is 3.58. The average Bonchev–Trinajstić information content (AvgIpc) is 2.65. The van der Waals surface area contributed by atoms with E-state index in [9.17, 15) is 4.79 Å². The first kappa shape index (κ1) is 18.1. The average molecular weight is 336 g/mol. The molecule has 0 spiro atoms. The second-order valence-corrected chi connectivity index (χ2v) is 5.42. The number of ether oxygens (including phenoxy) is 1. The lowest BCUT2D eigenvalue weighted by Crippen LogP contribution is -2.37. The number of nitrogens with one attached hydrogen (secondary N) is 1. The molecule has 0 aliphatic heterocycles. The molecule has 0 saturated carbocycles. The van der Waals surface area contributed by atoms with Gasteiger partial charge in [-0.25, -0.2) is 0 Å². The summed E-state index contributed by atoms with van der Waals surface area (Å²) in [5, 5.41) is 6.46. The summed E-state index contributed by atoms with van der Waals surface area (Å²) in [6.45, 7) is 0.202. The molecule has 1 amide bonds. The van der Waals surface area contributed by atoms with E-state index in [2.05, 4.69) is 15.3 Å². The highest BCUT2D eigenvalue weighted by molar-refractivity contribution is 5.91. The molecule has 0 unspecified atom stereocenters. The fourth-order valence-corrected chi connectivity index (χ4v) is 2.33. The van der Waals surface area contributed by atoms with Crippen LogP contribution in [0.4, 0.5) is 0 Å². The lowest BCUT2D eigenvalue weighted by Gasteiger charge is -2.15. The van der Waals surface area contributed by atoms with E-state index in [0.717, 1.165) is 16.9 Å². The van der Waals surface area contributed by atoms with Crippen LogP contribution in [-0.4, -0.2) is 25.6 Å². The van der Waals surface area contributed by atoms with E-state index >= 15 is 0 Å². The van der Waals surface area contributed by atoms with Crippen LogP contribution in [0.2, 0.25) is 0 Å². The first-order chi connectivity index (χ1) is 12.2. The topological polar surface area (TPSA) is 87.1 Å². The van der Waals surface area contributed by atoms with Gasteiger partial charge >= 0.3 is 0 Å². The van der Waals surface area contributed by atoms with E-state index in [1.807, 2.05) is 54.6 Å². The number of benzene rings is 2. The third kappa shape index (κ3) is 6.41. The fourth-order valence-electron chi connectivity index (χ4n) is 2.33. The van der Waals surface area contributed by atoms with Crippen LogP contribution in [0.15, 0.2) is 65.8 Å². The van der Waals surface area contributed by atoms with Crippen molar-refractivity contribution in [2.45, 2.75) is 12.5 Å². The van der Waals surface area contributed by atoms with Crippen molar-refractivity contribution in [3.8, 4) is 5.75 Å². The van der Waals surface area contributed by atoms with Gasteiger partial charge < -0.3 is 10.1 Å². The van der Waals surface area contributed by atoms with Crippen molar-refractivity contribution in [1.29, 1.82) is 0 Å². The number of carbonyl (C=O) groups excluding carboxylic acids is 1. The summed E-state index contributed by atoms with van der Waals surface area (Å²) in [4.78, 5) is 14.9. The van der Waals surface area contributed by atoms with Crippen LogP contribution in [0, 0.1) is 0 Å². The quantitative estimate of drug-likeness (QED) is 0.344. The largest absolute Gasteiger partial charge is 0.497 e. The van der Waals surface area contributed by atoms with E-state index in [1.165, 1.54) is 6.08 Å². The molecule has 1 atom stereocenters. The molecular weight excluding hydrogens is 316 g/mol. The van der Waals surface area contributed by atoms with Crippen LogP contribution in [0.1, 0.15) is 11.1 Å². The number of azide groups is 1. The first-order valence-corrected chi connectivity index (χ1v) is 7.88. The molecule has 2 aromatic carbocycles. The van der Waals surface area contributed by atoms with Crippen molar-refractivity contribution in [2.75, 3.05) is 13.7 Å². The van der Waals surface area contributed by atoms with Crippen LogP contribution < -0.4 is 10.1 Å². The van der Waals surface area contributed by atoms with Crippen molar-refractivity contribution in [3.63, 3.8) is 0 Å². The highest BCUT2D eigenvalue weighted by atomic mass is 16.5. The van der Waals surface area contributed by atoms with Crippen molar-refractivity contribution in [1.82, 2.24) is 5.32 Å². The maximum absolute atomic E-state index is 12.1. The Morgan fingerprint density at radius 1 is 1.24 bits per heavy atom. The van der Waals surface area contributed by atoms with Gasteiger partial charge in [0.05, 0.1) is 7.11 Å². The lowest BCUT2D eigenvalue weighted by atomic mass is 10.1. The van der Waals surface area contributed by atoms with Gasteiger partial charge in [-0.2, -0.15) is 0 Å². The van der Waals surface area contributed by atoms with Crippen molar-refractivity contribution >= 4 is 12.0 Å². The maximum atomic E-state index is 12.1. The summed E-state index contributed by atoms with van der Waals surface area (Å²) < 4.78 is 5.10. The molecule has 2 rings (SSSR count). The Hall–Kier alpha value is -3.24. The molecular formula is C19H20N4O2. The Balaban J connectivity index is 1.97. The van der Waals surface area contributed by atoms with Gasteiger partial charge in [0.15, 0.2) is 0 Å². The molecule has 128 valence electrons. The Kier molecular flexibility index (Phi) is 7.10. The van der Waals surface area contributed by atoms with E-state index in [0.29, 0.717) is 6.42 Å². The normalized spacial score (nSPS) is 11.6. The van der Waals surface area contributed by atoms with Crippen molar-refractivity contribution in [3.05, 3.63) is 82.2 Å². The zero-order valence-electron chi connectivity index (χ0n) is 14.0. The number of amides is 1. The van der Waals surface area contributed by atoms with Crippen LogP contribution in [0.25, 0.3) is 16.5 Å². The number of methoxy groups -OCH3 is 1. The Morgan fingerprint density at radius 3 is 2.60 bits per heavy atom. The van der Waals surface area contributed by atoms with Crippen LogP contribution >= 0.6 is 0 Å². The minimum atomic E-state index is -0.258. The molecule has 0 bridgehead atoms. The van der Waals surface area contributed by atoms with E-state index in [1.54, 1.807) is 13.2 Å². The summed E-state index contributed by atoms with van der Waals surface area (Å²) in [5.74, 6) is 0.531. The second-order valence-electron chi connectivity index (χ2n) is 5.42. The van der Waals surface area contributed by atoms with E-state index < -0.39 is 0 Å². The Bertz CT molecular complexity index is 751. The van der Waals surface area contributed by atoms with Gasteiger partial charge in [-0.1, -0.05) is 47.6 Å². The zero-order chi connectivity index (χ0) is 17.9. The zero-order valence-corrected chi connectivity index (χ0v) is 14.0. The Labute approximate surface area is 146 Å². The molecule has 0 fully saturated rings. The fraction of sp³-hybridized carbons (Fsp3) is 0.211.